The van der Waals surface area contributed by atoms with E-state index in [0.29, 0.717) is 18.0 Å². The summed E-state index contributed by atoms with van der Waals surface area (Å²) in [7, 11) is 0. The number of aromatic carboxylic acids is 1. The molecule has 0 amide bonds. The number of pyridine rings is 1. The van der Waals surface area contributed by atoms with E-state index in [2.05, 4.69) is 41.1 Å². The van der Waals surface area contributed by atoms with Crippen molar-refractivity contribution in [3.63, 3.8) is 0 Å². The molecule has 3 rings (SSSR count). The Morgan fingerprint density at radius 2 is 2.08 bits per heavy atom. The third-order valence-electron chi connectivity index (χ3n) is 4.81. The molecule has 0 saturated carbocycles. The molecule has 24 heavy (non-hydrogen) atoms. The average molecular weight is 326 g/mol. The Kier molecular flexibility index (Phi) is 4.81. The molecule has 0 radical (unpaired) electrons. The number of rotatable bonds is 5. The summed E-state index contributed by atoms with van der Waals surface area (Å²) < 4.78 is 0. The Bertz CT molecular complexity index is 783. The molecule has 2 aromatic rings. The van der Waals surface area contributed by atoms with Crippen molar-refractivity contribution in [3.05, 3.63) is 69.1 Å². The molecule has 1 aliphatic rings. The molecule has 126 valence electrons. The molecule has 1 unspecified atom stereocenters. The zero-order valence-corrected chi connectivity index (χ0v) is 13.8. The molecular formula is C19H22N2O3. The van der Waals surface area contributed by atoms with Crippen LogP contribution < -0.4 is 5.43 Å². The Balaban J connectivity index is 1.68. The molecular weight excluding hydrogens is 304 g/mol. The number of aromatic nitrogens is 1. The van der Waals surface area contributed by atoms with Gasteiger partial charge in [0.1, 0.15) is 5.56 Å². The highest BCUT2D eigenvalue weighted by molar-refractivity contribution is 5.87. The minimum atomic E-state index is -1.17. The maximum Gasteiger partial charge on any atom is 0.341 e. The highest BCUT2D eigenvalue weighted by Gasteiger charge is 2.22. The van der Waals surface area contributed by atoms with E-state index in [1.54, 1.807) is 0 Å². The van der Waals surface area contributed by atoms with E-state index in [9.17, 15) is 9.59 Å². The van der Waals surface area contributed by atoms with Crippen LogP contribution in [0.4, 0.5) is 0 Å². The Morgan fingerprint density at radius 3 is 2.79 bits per heavy atom. The van der Waals surface area contributed by atoms with Crippen molar-refractivity contribution >= 4 is 5.97 Å². The lowest BCUT2D eigenvalue weighted by molar-refractivity contribution is 0.0694. The van der Waals surface area contributed by atoms with Crippen molar-refractivity contribution in [2.75, 3.05) is 13.1 Å². The van der Waals surface area contributed by atoms with E-state index in [0.717, 1.165) is 31.6 Å². The van der Waals surface area contributed by atoms with Gasteiger partial charge in [0.05, 0.1) is 0 Å². The monoisotopic (exact) mass is 326 g/mol. The third kappa shape index (κ3) is 3.41. The molecule has 2 heterocycles. The predicted octanol–water partition coefficient (Wildman–Crippen LogP) is 2.63. The molecule has 1 aromatic heterocycles. The quantitative estimate of drug-likeness (QED) is 0.886. The summed E-state index contributed by atoms with van der Waals surface area (Å²) in [6.45, 7) is 4.51. The predicted molar refractivity (Wildman–Crippen MR) is 92.5 cm³/mol. The fourth-order valence-electron chi connectivity index (χ4n) is 3.25. The van der Waals surface area contributed by atoms with Gasteiger partial charge in [0, 0.05) is 37.0 Å². The zero-order chi connectivity index (χ0) is 17.1. The van der Waals surface area contributed by atoms with Crippen molar-refractivity contribution in [2.45, 2.75) is 32.2 Å². The summed E-state index contributed by atoms with van der Waals surface area (Å²) in [6.07, 6.45) is 3.08. The Hall–Kier alpha value is -2.40. The summed E-state index contributed by atoms with van der Waals surface area (Å²) in [4.78, 5) is 28.7. The summed E-state index contributed by atoms with van der Waals surface area (Å²) in [5.41, 5.74) is 2.28. The van der Waals surface area contributed by atoms with Crippen LogP contribution in [0.3, 0.4) is 0 Å². The van der Waals surface area contributed by atoms with Crippen molar-refractivity contribution in [2.24, 2.45) is 0 Å². The number of fused-ring (bicyclic) bond motifs is 1. The fourth-order valence-corrected chi connectivity index (χ4v) is 3.25. The lowest BCUT2D eigenvalue weighted by Crippen LogP contribution is -2.37. The number of nitrogens with zero attached hydrogens (tertiary/aromatic N) is 1. The fraction of sp³-hybridized carbons (Fsp3) is 0.368. The first-order valence-electron chi connectivity index (χ1n) is 8.30. The molecule has 0 fully saturated rings. The summed E-state index contributed by atoms with van der Waals surface area (Å²) >= 11 is 0. The molecule has 1 atom stereocenters. The molecule has 2 N–H and O–H groups in total. The van der Waals surface area contributed by atoms with E-state index in [1.807, 2.05) is 6.07 Å². The molecule has 1 aliphatic heterocycles. The second-order valence-corrected chi connectivity index (χ2v) is 6.42. The number of nitrogens with one attached hydrogen (secondary N) is 1. The van der Waals surface area contributed by atoms with Gasteiger partial charge in [-0.3, -0.25) is 9.69 Å². The third-order valence-corrected chi connectivity index (χ3v) is 4.81. The topological polar surface area (TPSA) is 73.4 Å². The lowest BCUT2D eigenvalue weighted by Gasteiger charge is -2.29. The van der Waals surface area contributed by atoms with Gasteiger partial charge in [-0.2, -0.15) is 0 Å². The Labute approximate surface area is 140 Å². The largest absolute Gasteiger partial charge is 0.477 e. The van der Waals surface area contributed by atoms with Gasteiger partial charge >= 0.3 is 5.97 Å². The average Bonchev–Trinajstić information content (AvgIpc) is 2.60. The summed E-state index contributed by atoms with van der Waals surface area (Å²) in [5.74, 6) is -0.717. The molecule has 0 aliphatic carbocycles. The second kappa shape index (κ2) is 7.01. The number of H-pyrrole nitrogens is 1. The number of hydrogen-bond acceptors (Lipinski definition) is 3. The molecule has 0 saturated heterocycles. The lowest BCUT2D eigenvalue weighted by atomic mass is 9.96. The molecule has 1 aromatic carbocycles. The maximum absolute atomic E-state index is 12.3. The van der Waals surface area contributed by atoms with Crippen molar-refractivity contribution in [1.82, 2.24) is 9.88 Å². The zero-order valence-electron chi connectivity index (χ0n) is 13.8. The van der Waals surface area contributed by atoms with Crippen molar-refractivity contribution in [3.8, 4) is 0 Å². The second-order valence-electron chi connectivity index (χ2n) is 6.42. The van der Waals surface area contributed by atoms with Crippen LogP contribution in [0.1, 0.15) is 46.4 Å². The number of carbonyl (C=O) groups is 1. The maximum atomic E-state index is 12.3. The van der Waals surface area contributed by atoms with Gasteiger partial charge < -0.3 is 10.1 Å². The van der Waals surface area contributed by atoms with Crippen LogP contribution in [-0.2, 0) is 13.0 Å². The van der Waals surface area contributed by atoms with Crippen LogP contribution in [-0.4, -0.2) is 34.0 Å². The number of aromatic amines is 1. The smallest absolute Gasteiger partial charge is 0.341 e. The van der Waals surface area contributed by atoms with Gasteiger partial charge in [0.2, 0.25) is 5.43 Å². The first kappa shape index (κ1) is 16.5. The van der Waals surface area contributed by atoms with Gasteiger partial charge in [-0.25, -0.2) is 4.79 Å². The van der Waals surface area contributed by atoms with Gasteiger partial charge in [0.15, 0.2) is 0 Å². The number of hydrogen-bond donors (Lipinski definition) is 2. The molecule has 5 nitrogen and oxygen atoms in total. The van der Waals surface area contributed by atoms with Crippen LogP contribution in [0.25, 0.3) is 0 Å². The number of benzene rings is 1. The first-order valence-corrected chi connectivity index (χ1v) is 8.30. The SMILES string of the molecule is CC(CCN1CCc2[nH]cc(C(=O)O)c(=O)c2C1)c1ccccc1. The molecule has 0 bridgehead atoms. The summed E-state index contributed by atoms with van der Waals surface area (Å²) in [6, 6.07) is 10.4. The standard InChI is InChI=1S/C19H22N2O3/c1-13(14-5-3-2-4-6-14)7-9-21-10-8-17-16(12-21)18(22)15(11-20-17)19(23)24/h2-6,11,13H,7-10,12H2,1H3,(H,20,22)(H,23,24). The van der Waals surface area contributed by atoms with Gasteiger partial charge in [-0.1, -0.05) is 37.3 Å². The van der Waals surface area contributed by atoms with E-state index >= 15 is 0 Å². The van der Waals surface area contributed by atoms with Gasteiger partial charge in [-0.05, 0) is 24.4 Å². The van der Waals surface area contributed by atoms with Crippen molar-refractivity contribution < 1.29 is 9.90 Å². The number of carboxylic acid groups (broad SMARTS) is 1. The highest BCUT2D eigenvalue weighted by atomic mass is 16.4. The van der Waals surface area contributed by atoms with Crippen LogP contribution in [0.2, 0.25) is 0 Å². The van der Waals surface area contributed by atoms with Crippen molar-refractivity contribution in [1.29, 1.82) is 0 Å². The van der Waals surface area contributed by atoms with E-state index in [-0.39, 0.29) is 11.0 Å². The highest BCUT2D eigenvalue weighted by Crippen LogP contribution is 2.21. The molecule has 5 heteroatoms. The first-order chi connectivity index (χ1) is 11.6. The number of carboxylic acids is 1. The minimum absolute atomic E-state index is 0.173. The Morgan fingerprint density at radius 1 is 1.33 bits per heavy atom. The summed E-state index contributed by atoms with van der Waals surface area (Å²) in [5, 5.41) is 9.10. The van der Waals surface area contributed by atoms with E-state index in [4.69, 9.17) is 5.11 Å². The van der Waals surface area contributed by atoms with Crippen LogP contribution >= 0.6 is 0 Å². The van der Waals surface area contributed by atoms with Crippen LogP contribution in [0, 0.1) is 0 Å². The minimum Gasteiger partial charge on any atom is -0.477 e. The van der Waals surface area contributed by atoms with E-state index < -0.39 is 5.97 Å². The van der Waals surface area contributed by atoms with Gasteiger partial charge in [-0.15, -0.1) is 0 Å². The van der Waals surface area contributed by atoms with Crippen LogP contribution in [0.5, 0.6) is 0 Å². The van der Waals surface area contributed by atoms with Crippen LogP contribution in [0.15, 0.2) is 41.3 Å². The van der Waals surface area contributed by atoms with E-state index in [1.165, 1.54) is 11.8 Å². The molecule has 0 spiro atoms. The normalized spacial score (nSPS) is 15.7. The van der Waals surface area contributed by atoms with Gasteiger partial charge in [0.25, 0.3) is 0 Å².